The molecule has 0 aliphatic heterocycles. The predicted molar refractivity (Wildman–Crippen MR) is 84.1 cm³/mol. The molecular formula is C17H21FN2O. The van der Waals surface area contributed by atoms with Crippen LogP contribution in [0.25, 0.3) is 0 Å². The molecule has 0 aliphatic carbocycles. The molecule has 3 nitrogen and oxygen atoms in total. The van der Waals surface area contributed by atoms with Crippen LogP contribution in [0.4, 0.5) is 10.1 Å². The van der Waals surface area contributed by atoms with Crippen molar-refractivity contribution in [2.75, 3.05) is 19.1 Å². The van der Waals surface area contributed by atoms with E-state index in [2.05, 4.69) is 0 Å². The van der Waals surface area contributed by atoms with E-state index in [1.54, 1.807) is 13.2 Å². The molecule has 21 heavy (non-hydrogen) atoms. The second-order valence-corrected chi connectivity index (χ2v) is 5.17. The average molecular weight is 288 g/mol. The molecule has 0 radical (unpaired) electrons. The van der Waals surface area contributed by atoms with Crippen LogP contribution in [0.5, 0.6) is 5.75 Å². The number of rotatable bonds is 5. The number of methoxy groups -OCH3 is 1. The van der Waals surface area contributed by atoms with E-state index < -0.39 is 0 Å². The number of halogens is 1. The van der Waals surface area contributed by atoms with Crippen molar-refractivity contribution in [3.8, 4) is 5.75 Å². The third-order valence-electron chi connectivity index (χ3n) is 3.47. The standard InChI is InChI=1S/C17H21FN2O/c1-12(19)15-5-4-6-16(18)17(15)20(2)11-13-7-9-14(21-3)10-8-13/h4-10,12H,11,19H2,1-3H3. The fourth-order valence-electron chi connectivity index (χ4n) is 2.39. The van der Waals surface area contributed by atoms with Crippen LogP contribution in [0.2, 0.25) is 0 Å². The minimum atomic E-state index is -0.249. The Balaban J connectivity index is 2.25. The minimum absolute atomic E-state index is 0.214. The molecule has 0 aliphatic rings. The second-order valence-electron chi connectivity index (χ2n) is 5.17. The van der Waals surface area contributed by atoms with E-state index in [-0.39, 0.29) is 11.9 Å². The lowest BCUT2D eigenvalue weighted by atomic mass is 10.0. The van der Waals surface area contributed by atoms with Gasteiger partial charge in [0.15, 0.2) is 0 Å². The number of ether oxygens (including phenoxy) is 1. The van der Waals surface area contributed by atoms with E-state index in [1.807, 2.05) is 49.2 Å². The van der Waals surface area contributed by atoms with Crippen molar-refractivity contribution in [2.24, 2.45) is 5.73 Å². The Morgan fingerprint density at radius 2 is 1.86 bits per heavy atom. The van der Waals surface area contributed by atoms with E-state index in [0.717, 1.165) is 16.9 Å². The molecule has 0 spiro atoms. The highest BCUT2D eigenvalue weighted by molar-refractivity contribution is 5.56. The van der Waals surface area contributed by atoms with Crippen LogP contribution in [-0.2, 0) is 6.54 Å². The summed E-state index contributed by atoms with van der Waals surface area (Å²) in [6, 6.07) is 12.6. The van der Waals surface area contributed by atoms with Crippen LogP contribution in [0, 0.1) is 5.82 Å². The first-order valence-electron chi connectivity index (χ1n) is 6.91. The van der Waals surface area contributed by atoms with Gasteiger partial charge in [0.1, 0.15) is 11.6 Å². The van der Waals surface area contributed by atoms with Gasteiger partial charge < -0.3 is 15.4 Å². The molecule has 2 N–H and O–H groups in total. The summed E-state index contributed by atoms with van der Waals surface area (Å²) in [7, 11) is 3.50. The van der Waals surface area contributed by atoms with Gasteiger partial charge in [0, 0.05) is 19.6 Å². The summed E-state index contributed by atoms with van der Waals surface area (Å²) in [5.74, 6) is 0.560. The van der Waals surface area contributed by atoms with Gasteiger partial charge in [-0.3, -0.25) is 0 Å². The van der Waals surface area contributed by atoms with Gasteiger partial charge in [0.2, 0.25) is 0 Å². The first kappa shape index (κ1) is 15.3. The third kappa shape index (κ3) is 3.52. The van der Waals surface area contributed by atoms with Gasteiger partial charge in [-0.2, -0.15) is 0 Å². The van der Waals surface area contributed by atoms with E-state index in [1.165, 1.54) is 6.07 Å². The molecule has 2 rings (SSSR count). The van der Waals surface area contributed by atoms with Crippen LogP contribution in [0.3, 0.4) is 0 Å². The molecular weight excluding hydrogens is 267 g/mol. The fraction of sp³-hybridized carbons (Fsp3) is 0.294. The van der Waals surface area contributed by atoms with Gasteiger partial charge in [-0.1, -0.05) is 24.3 Å². The van der Waals surface area contributed by atoms with E-state index in [9.17, 15) is 4.39 Å². The molecule has 0 amide bonds. The van der Waals surface area contributed by atoms with Gasteiger partial charge >= 0.3 is 0 Å². The van der Waals surface area contributed by atoms with Gasteiger partial charge in [-0.15, -0.1) is 0 Å². The van der Waals surface area contributed by atoms with Crippen LogP contribution in [0.1, 0.15) is 24.1 Å². The molecule has 2 aromatic carbocycles. The SMILES string of the molecule is COc1ccc(CN(C)c2c(F)cccc2C(C)N)cc1. The first-order valence-corrected chi connectivity index (χ1v) is 6.91. The second kappa shape index (κ2) is 6.59. The summed E-state index contributed by atoms with van der Waals surface area (Å²) >= 11 is 0. The van der Waals surface area contributed by atoms with Crippen LogP contribution in [-0.4, -0.2) is 14.2 Å². The van der Waals surface area contributed by atoms with Gasteiger partial charge in [0.05, 0.1) is 12.8 Å². The number of hydrogen-bond acceptors (Lipinski definition) is 3. The normalized spacial score (nSPS) is 12.0. The zero-order chi connectivity index (χ0) is 15.4. The highest BCUT2D eigenvalue weighted by Crippen LogP contribution is 2.28. The predicted octanol–water partition coefficient (Wildman–Crippen LogP) is 3.49. The third-order valence-corrected chi connectivity index (χ3v) is 3.47. The Morgan fingerprint density at radius 1 is 1.19 bits per heavy atom. The quantitative estimate of drug-likeness (QED) is 0.915. The van der Waals surface area contributed by atoms with Crippen LogP contribution < -0.4 is 15.4 Å². The summed E-state index contributed by atoms with van der Waals surface area (Å²) in [6.07, 6.45) is 0. The Hall–Kier alpha value is -2.07. The Kier molecular flexibility index (Phi) is 4.81. The number of anilines is 1. The van der Waals surface area contributed by atoms with Gasteiger partial charge in [0.25, 0.3) is 0 Å². The zero-order valence-corrected chi connectivity index (χ0v) is 12.6. The molecule has 0 bridgehead atoms. The monoisotopic (exact) mass is 288 g/mol. The number of hydrogen-bond donors (Lipinski definition) is 1. The van der Waals surface area contributed by atoms with Crippen molar-refractivity contribution in [2.45, 2.75) is 19.5 Å². The van der Waals surface area contributed by atoms with Gasteiger partial charge in [-0.05, 0) is 36.2 Å². The molecule has 112 valence electrons. The molecule has 0 aromatic heterocycles. The van der Waals surface area contributed by atoms with Crippen LogP contribution in [0.15, 0.2) is 42.5 Å². The summed E-state index contributed by atoms with van der Waals surface area (Å²) < 4.78 is 19.3. The van der Waals surface area contributed by atoms with Crippen LogP contribution >= 0.6 is 0 Å². The number of nitrogens with two attached hydrogens (primary N) is 1. The summed E-state index contributed by atoms with van der Waals surface area (Å²) in [4.78, 5) is 1.88. The highest BCUT2D eigenvalue weighted by Gasteiger charge is 2.15. The fourth-order valence-corrected chi connectivity index (χ4v) is 2.39. The molecule has 1 unspecified atom stereocenters. The smallest absolute Gasteiger partial charge is 0.146 e. The summed E-state index contributed by atoms with van der Waals surface area (Å²) in [5, 5.41) is 0. The lowest BCUT2D eigenvalue weighted by molar-refractivity contribution is 0.414. The Morgan fingerprint density at radius 3 is 2.43 bits per heavy atom. The summed E-state index contributed by atoms with van der Waals surface area (Å²) in [6.45, 7) is 2.46. The molecule has 1 atom stereocenters. The maximum absolute atomic E-state index is 14.2. The van der Waals surface area contributed by atoms with E-state index >= 15 is 0 Å². The lowest BCUT2D eigenvalue weighted by Gasteiger charge is -2.24. The topological polar surface area (TPSA) is 38.5 Å². The minimum Gasteiger partial charge on any atom is -0.497 e. The first-order chi connectivity index (χ1) is 10.0. The van der Waals surface area contributed by atoms with Crippen molar-refractivity contribution in [3.05, 3.63) is 59.4 Å². The van der Waals surface area contributed by atoms with Crippen molar-refractivity contribution in [1.29, 1.82) is 0 Å². The Bertz CT molecular complexity index is 596. The maximum Gasteiger partial charge on any atom is 0.146 e. The maximum atomic E-state index is 14.2. The number of benzene rings is 2. The molecule has 0 heterocycles. The van der Waals surface area contributed by atoms with Gasteiger partial charge in [-0.25, -0.2) is 4.39 Å². The van der Waals surface area contributed by atoms with E-state index in [4.69, 9.17) is 10.5 Å². The number of para-hydroxylation sites is 1. The molecule has 2 aromatic rings. The molecule has 4 heteroatoms. The summed E-state index contributed by atoms with van der Waals surface area (Å²) in [5.41, 5.74) is 8.39. The van der Waals surface area contributed by atoms with E-state index in [0.29, 0.717) is 12.2 Å². The highest BCUT2D eigenvalue weighted by atomic mass is 19.1. The zero-order valence-electron chi connectivity index (χ0n) is 12.6. The van der Waals surface area contributed by atoms with Crippen molar-refractivity contribution >= 4 is 5.69 Å². The molecule has 0 saturated carbocycles. The lowest BCUT2D eigenvalue weighted by Crippen LogP contribution is -2.21. The number of nitrogens with zero attached hydrogens (tertiary/aromatic N) is 1. The molecule has 0 fully saturated rings. The van der Waals surface area contributed by atoms with Crippen molar-refractivity contribution < 1.29 is 9.13 Å². The Labute approximate surface area is 125 Å². The average Bonchev–Trinajstić information content (AvgIpc) is 2.47. The largest absolute Gasteiger partial charge is 0.497 e. The molecule has 0 saturated heterocycles. The van der Waals surface area contributed by atoms with Crippen molar-refractivity contribution in [3.63, 3.8) is 0 Å². The van der Waals surface area contributed by atoms with Crippen molar-refractivity contribution in [1.82, 2.24) is 0 Å².